The van der Waals surface area contributed by atoms with E-state index in [2.05, 4.69) is 37.5 Å². The maximum atomic E-state index is 12.1. The van der Waals surface area contributed by atoms with E-state index in [0.29, 0.717) is 5.92 Å². The molecule has 2 aromatic rings. The second-order valence-electron chi connectivity index (χ2n) is 6.80. The zero-order valence-electron chi connectivity index (χ0n) is 15.0. The fourth-order valence-corrected chi connectivity index (χ4v) is 2.79. The Morgan fingerprint density at radius 1 is 1.12 bits per heavy atom. The summed E-state index contributed by atoms with van der Waals surface area (Å²) in [7, 11) is 0. The molecule has 5 nitrogen and oxygen atoms in total. The van der Waals surface area contributed by atoms with E-state index in [0.717, 1.165) is 16.5 Å². The Bertz CT molecular complexity index is 744. The predicted octanol–water partition coefficient (Wildman–Crippen LogP) is 3.05. The van der Waals surface area contributed by atoms with Crippen LogP contribution in [0.2, 0.25) is 0 Å². The zero-order chi connectivity index (χ0) is 17.9. The summed E-state index contributed by atoms with van der Waals surface area (Å²) in [5.74, 6) is 0.0297. The first-order chi connectivity index (χ1) is 11.3. The highest BCUT2D eigenvalue weighted by Crippen LogP contribution is 2.29. The van der Waals surface area contributed by atoms with E-state index in [1.54, 1.807) is 6.26 Å². The molecule has 0 aliphatic rings. The van der Waals surface area contributed by atoms with Crippen LogP contribution in [-0.4, -0.2) is 24.4 Å². The molecule has 2 amide bonds. The Hall–Kier alpha value is -2.30. The molecule has 0 atom stereocenters. The lowest BCUT2D eigenvalue weighted by Crippen LogP contribution is -2.40. The number of hydrogen-bond acceptors (Lipinski definition) is 3. The minimum atomic E-state index is -0.191. The van der Waals surface area contributed by atoms with Crippen LogP contribution in [0, 0.1) is 6.92 Å². The van der Waals surface area contributed by atoms with Crippen molar-refractivity contribution in [2.45, 2.75) is 53.0 Å². The van der Waals surface area contributed by atoms with E-state index < -0.39 is 0 Å². The Morgan fingerprint density at radius 2 is 1.83 bits per heavy atom. The van der Waals surface area contributed by atoms with Gasteiger partial charge in [0.05, 0.1) is 19.2 Å². The van der Waals surface area contributed by atoms with Crippen LogP contribution in [0.4, 0.5) is 0 Å². The number of rotatable bonds is 6. The van der Waals surface area contributed by atoms with Crippen LogP contribution >= 0.6 is 0 Å². The van der Waals surface area contributed by atoms with Crippen molar-refractivity contribution in [3.8, 4) is 0 Å². The van der Waals surface area contributed by atoms with Crippen molar-refractivity contribution in [3.63, 3.8) is 0 Å². The maximum absolute atomic E-state index is 12.1. The third kappa shape index (κ3) is 4.37. The van der Waals surface area contributed by atoms with Gasteiger partial charge in [0.2, 0.25) is 11.8 Å². The molecule has 1 heterocycles. The molecule has 1 aromatic heterocycles. The molecule has 0 saturated carbocycles. The van der Waals surface area contributed by atoms with Gasteiger partial charge in [0.25, 0.3) is 0 Å². The van der Waals surface area contributed by atoms with Crippen LogP contribution in [0.5, 0.6) is 0 Å². The number of carbonyl (C=O) groups excluding carboxylic acids is 2. The van der Waals surface area contributed by atoms with Crippen molar-refractivity contribution in [3.05, 3.63) is 35.1 Å². The highest BCUT2D eigenvalue weighted by atomic mass is 16.3. The van der Waals surface area contributed by atoms with Gasteiger partial charge in [-0.3, -0.25) is 9.59 Å². The Balaban J connectivity index is 2.08. The Morgan fingerprint density at radius 3 is 2.46 bits per heavy atom. The molecule has 0 aliphatic heterocycles. The van der Waals surface area contributed by atoms with Crippen molar-refractivity contribution in [1.29, 1.82) is 0 Å². The van der Waals surface area contributed by atoms with Gasteiger partial charge in [-0.25, -0.2) is 0 Å². The van der Waals surface area contributed by atoms with E-state index in [1.807, 2.05) is 19.9 Å². The second-order valence-corrected chi connectivity index (χ2v) is 6.80. The quantitative estimate of drug-likeness (QED) is 0.855. The highest BCUT2D eigenvalue weighted by Gasteiger charge is 2.14. The van der Waals surface area contributed by atoms with Crippen LogP contribution in [-0.2, 0) is 16.0 Å². The maximum Gasteiger partial charge on any atom is 0.239 e. The Labute approximate surface area is 142 Å². The summed E-state index contributed by atoms with van der Waals surface area (Å²) in [5.41, 5.74) is 4.07. The number of furan rings is 1. The summed E-state index contributed by atoms with van der Waals surface area (Å²) in [5, 5.41) is 6.35. The molecule has 130 valence electrons. The molecule has 2 N–H and O–H groups in total. The number of fused-ring (bicyclic) bond motifs is 1. The third-order valence-corrected chi connectivity index (χ3v) is 3.91. The van der Waals surface area contributed by atoms with Gasteiger partial charge in [-0.1, -0.05) is 13.8 Å². The van der Waals surface area contributed by atoms with E-state index in [-0.39, 0.29) is 30.8 Å². The normalized spacial score (nSPS) is 11.3. The molecule has 0 radical (unpaired) electrons. The smallest absolute Gasteiger partial charge is 0.239 e. The molecule has 24 heavy (non-hydrogen) atoms. The lowest BCUT2D eigenvalue weighted by Gasteiger charge is -2.10. The minimum Gasteiger partial charge on any atom is -0.464 e. The molecular weight excluding hydrogens is 304 g/mol. The number of hydrogen-bond donors (Lipinski definition) is 2. The topological polar surface area (TPSA) is 71.3 Å². The van der Waals surface area contributed by atoms with Crippen LogP contribution in [0.15, 0.2) is 22.8 Å². The summed E-state index contributed by atoms with van der Waals surface area (Å²) in [6.07, 6.45) is 1.82. The summed E-state index contributed by atoms with van der Waals surface area (Å²) in [6.45, 7) is 10.1. The van der Waals surface area contributed by atoms with E-state index >= 15 is 0 Å². The van der Waals surface area contributed by atoms with Crippen LogP contribution in [0.1, 0.15) is 50.3 Å². The number of nitrogens with one attached hydrogen (secondary N) is 2. The summed E-state index contributed by atoms with van der Waals surface area (Å²) in [6, 6.07) is 4.18. The molecule has 0 aliphatic carbocycles. The SMILES string of the molecule is Cc1cc2occ(CC(=O)NCC(=O)NC(C)C)c2cc1C(C)C. The molecule has 0 unspecified atom stereocenters. The van der Waals surface area contributed by atoms with Gasteiger partial charge in [-0.15, -0.1) is 0 Å². The predicted molar refractivity (Wildman–Crippen MR) is 95.0 cm³/mol. The summed E-state index contributed by atoms with van der Waals surface area (Å²) < 4.78 is 5.58. The molecule has 1 aromatic carbocycles. The van der Waals surface area contributed by atoms with E-state index in [9.17, 15) is 9.59 Å². The van der Waals surface area contributed by atoms with Crippen LogP contribution in [0.25, 0.3) is 11.0 Å². The van der Waals surface area contributed by atoms with Gasteiger partial charge in [-0.2, -0.15) is 0 Å². The van der Waals surface area contributed by atoms with Crippen molar-refractivity contribution >= 4 is 22.8 Å². The highest BCUT2D eigenvalue weighted by molar-refractivity contribution is 5.90. The van der Waals surface area contributed by atoms with Gasteiger partial charge in [-0.05, 0) is 49.9 Å². The first-order valence-electron chi connectivity index (χ1n) is 8.34. The average Bonchev–Trinajstić information content (AvgIpc) is 2.85. The lowest BCUT2D eigenvalue weighted by atomic mass is 9.95. The molecule has 0 saturated heterocycles. The molecule has 0 fully saturated rings. The fourth-order valence-electron chi connectivity index (χ4n) is 2.79. The molecule has 2 rings (SSSR count). The van der Waals surface area contributed by atoms with Crippen LogP contribution in [0.3, 0.4) is 0 Å². The van der Waals surface area contributed by atoms with Gasteiger partial charge in [0.1, 0.15) is 5.58 Å². The van der Waals surface area contributed by atoms with Crippen molar-refractivity contribution in [2.75, 3.05) is 6.54 Å². The number of amides is 2. The molecule has 0 spiro atoms. The molecular formula is C19H26N2O3. The van der Waals surface area contributed by atoms with E-state index in [4.69, 9.17) is 4.42 Å². The van der Waals surface area contributed by atoms with Crippen molar-refractivity contribution in [2.24, 2.45) is 0 Å². The van der Waals surface area contributed by atoms with Gasteiger partial charge in [0.15, 0.2) is 0 Å². The molecule has 0 bridgehead atoms. The second kappa shape index (κ2) is 7.51. The largest absolute Gasteiger partial charge is 0.464 e. The van der Waals surface area contributed by atoms with Gasteiger partial charge < -0.3 is 15.1 Å². The number of benzene rings is 1. The van der Waals surface area contributed by atoms with Crippen LogP contribution < -0.4 is 10.6 Å². The monoisotopic (exact) mass is 330 g/mol. The van der Waals surface area contributed by atoms with Crippen molar-refractivity contribution in [1.82, 2.24) is 10.6 Å². The first-order valence-corrected chi connectivity index (χ1v) is 8.34. The lowest BCUT2D eigenvalue weighted by molar-refractivity contribution is -0.126. The van der Waals surface area contributed by atoms with Gasteiger partial charge in [0, 0.05) is 17.0 Å². The zero-order valence-corrected chi connectivity index (χ0v) is 15.0. The van der Waals surface area contributed by atoms with Crippen molar-refractivity contribution < 1.29 is 14.0 Å². The number of aryl methyl sites for hydroxylation is 1. The average molecular weight is 330 g/mol. The number of carbonyl (C=O) groups is 2. The minimum absolute atomic E-state index is 0.0108. The summed E-state index contributed by atoms with van der Waals surface area (Å²) >= 11 is 0. The van der Waals surface area contributed by atoms with E-state index in [1.165, 1.54) is 11.1 Å². The standard InChI is InChI=1S/C19H26N2O3/c1-11(2)15-8-16-14(10-24-17(16)6-13(15)5)7-18(22)20-9-19(23)21-12(3)4/h6,8,10-12H,7,9H2,1-5H3,(H,20,22)(H,21,23). The third-order valence-electron chi connectivity index (χ3n) is 3.91. The molecule has 5 heteroatoms. The van der Waals surface area contributed by atoms with Gasteiger partial charge >= 0.3 is 0 Å². The fraction of sp³-hybridized carbons (Fsp3) is 0.474. The Kier molecular flexibility index (Phi) is 5.65. The first kappa shape index (κ1) is 18.0. The summed E-state index contributed by atoms with van der Waals surface area (Å²) in [4.78, 5) is 23.7.